The van der Waals surface area contributed by atoms with Gasteiger partial charge in [0.2, 0.25) is 0 Å². The maximum Gasteiger partial charge on any atom is 0.0797 e. The van der Waals surface area contributed by atoms with Gasteiger partial charge in [-0.05, 0) is 45.2 Å². The van der Waals surface area contributed by atoms with Crippen LogP contribution >= 0.6 is 11.3 Å². The molecule has 2 N–H and O–H groups in total. The Kier molecular flexibility index (Phi) is 5.35. The third-order valence-corrected chi connectivity index (χ3v) is 4.54. The highest BCUT2D eigenvalue weighted by atomic mass is 32.1. The Morgan fingerprint density at radius 2 is 2.44 bits per heavy atom. The van der Waals surface area contributed by atoms with Crippen LogP contribution in [0.2, 0.25) is 0 Å². The molecule has 1 aliphatic carbocycles. The smallest absolute Gasteiger partial charge is 0.0797 e. The normalized spacial score (nSPS) is 18.9. The van der Waals surface area contributed by atoms with E-state index in [9.17, 15) is 0 Å². The summed E-state index contributed by atoms with van der Waals surface area (Å²) in [4.78, 5) is 8.48. The van der Waals surface area contributed by atoms with Crippen molar-refractivity contribution >= 4 is 11.3 Å². The molecule has 0 saturated carbocycles. The van der Waals surface area contributed by atoms with Gasteiger partial charge < -0.3 is 5.73 Å². The van der Waals surface area contributed by atoms with E-state index in [4.69, 9.17) is 5.73 Å². The van der Waals surface area contributed by atoms with Crippen LogP contribution in [0.4, 0.5) is 0 Å². The Morgan fingerprint density at radius 1 is 1.56 bits per heavy atom. The lowest BCUT2D eigenvalue weighted by atomic mass is 9.96. The Morgan fingerprint density at radius 3 is 3.22 bits per heavy atom. The molecular formula is C14H23N3S. The van der Waals surface area contributed by atoms with Gasteiger partial charge in [0.05, 0.1) is 11.2 Å². The number of thiazole rings is 1. The molecule has 2 rings (SSSR count). The molecule has 1 aromatic rings. The number of hydrogen-bond acceptors (Lipinski definition) is 4. The number of aromatic nitrogens is 1. The predicted octanol–water partition coefficient (Wildman–Crippen LogP) is 2.23. The van der Waals surface area contributed by atoms with Crippen molar-refractivity contribution in [2.75, 3.05) is 19.6 Å². The third-order valence-electron chi connectivity index (χ3n) is 3.64. The van der Waals surface area contributed by atoms with Gasteiger partial charge >= 0.3 is 0 Å². The number of aryl methyl sites for hydroxylation is 1. The summed E-state index contributed by atoms with van der Waals surface area (Å²) in [6.45, 7) is 6.81. The molecule has 0 bridgehead atoms. The fourth-order valence-electron chi connectivity index (χ4n) is 2.64. The number of nitrogens with zero attached hydrogens (tertiary/aromatic N) is 2. The Labute approximate surface area is 114 Å². The molecule has 0 aromatic carbocycles. The van der Waals surface area contributed by atoms with Crippen molar-refractivity contribution in [3.8, 4) is 0 Å². The second kappa shape index (κ2) is 7.02. The van der Waals surface area contributed by atoms with Crippen LogP contribution in [0.1, 0.15) is 29.8 Å². The topological polar surface area (TPSA) is 42.1 Å². The van der Waals surface area contributed by atoms with E-state index in [0.29, 0.717) is 6.04 Å². The lowest BCUT2D eigenvalue weighted by Crippen LogP contribution is -2.40. The molecule has 0 radical (unpaired) electrons. The number of fused-ring (bicyclic) bond motifs is 1. The summed E-state index contributed by atoms with van der Waals surface area (Å²) in [5, 5.41) is 0. The van der Waals surface area contributed by atoms with Crippen LogP contribution in [-0.4, -0.2) is 35.6 Å². The third kappa shape index (κ3) is 3.40. The van der Waals surface area contributed by atoms with Crippen molar-refractivity contribution in [2.45, 2.75) is 38.1 Å². The van der Waals surface area contributed by atoms with Crippen molar-refractivity contribution in [3.05, 3.63) is 28.7 Å². The second-order valence-electron chi connectivity index (χ2n) is 4.90. The minimum atomic E-state index is 0.661. The maximum absolute atomic E-state index is 5.57. The van der Waals surface area contributed by atoms with Crippen molar-refractivity contribution in [1.29, 1.82) is 0 Å². The lowest BCUT2D eigenvalue weighted by molar-refractivity contribution is 0.196. The molecule has 3 nitrogen and oxygen atoms in total. The van der Waals surface area contributed by atoms with Gasteiger partial charge in [0.25, 0.3) is 0 Å². The fraction of sp³-hybridized carbons (Fsp3) is 0.643. The van der Waals surface area contributed by atoms with E-state index in [2.05, 4.69) is 16.5 Å². The minimum Gasteiger partial charge on any atom is -0.330 e. The average molecular weight is 265 g/mol. The molecule has 0 fully saturated rings. The second-order valence-corrected chi connectivity index (χ2v) is 5.84. The molecular weight excluding hydrogens is 242 g/mol. The molecule has 0 saturated heterocycles. The largest absolute Gasteiger partial charge is 0.330 e. The number of rotatable bonds is 7. The first-order valence-corrected chi connectivity index (χ1v) is 7.69. The first-order chi connectivity index (χ1) is 8.85. The summed E-state index contributed by atoms with van der Waals surface area (Å²) in [7, 11) is 0. The molecule has 4 heteroatoms. The van der Waals surface area contributed by atoms with E-state index in [0.717, 1.165) is 38.9 Å². The zero-order valence-corrected chi connectivity index (χ0v) is 11.8. The van der Waals surface area contributed by atoms with Gasteiger partial charge in [0, 0.05) is 17.5 Å². The van der Waals surface area contributed by atoms with Crippen LogP contribution in [0, 0.1) is 0 Å². The molecule has 1 heterocycles. The van der Waals surface area contributed by atoms with Gasteiger partial charge in [-0.1, -0.05) is 6.08 Å². The van der Waals surface area contributed by atoms with E-state index in [1.807, 2.05) is 22.9 Å². The predicted molar refractivity (Wildman–Crippen MR) is 78.0 cm³/mol. The molecule has 100 valence electrons. The monoisotopic (exact) mass is 265 g/mol. The zero-order valence-electron chi connectivity index (χ0n) is 11.0. The van der Waals surface area contributed by atoms with Crippen LogP contribution in [0.15, 0.2) is 18.2 Å². The van der Waals surface area contributed by atoms with Crippen LogP contribution in [0.25, 0.3) is 0 Å². The van der Waals surface area contributed by atoms with Gasteiger partial charge in [-0.2, -0.15) is 0 Å². The molecule has 0 amide bonds. The Hall–Kier alpha value is -0.710. The first-order valence-electron chi connectivity index (χ1n) is 6.81. The summed E-state index contributed by atoms with van der Waals surface area (Å²) in [5.74, 6) is 0. The van der Waals surface area contributed by atoms with Crippen molar-refractivity contribution in [3.63, 3.8) is 0 Å². The van der Waals surface area contributed by atoms with E-state index in [1.165, 1.54) is 23.4 Å². The first kappa shape index (κ1) is 13.7. The molecule has 18 heavy (non-hydrogen) atoms. The summed E-state index contributed by atoms with van der Waals surface area (Å²) >= 11 is 1.81. The number of nitrogens with two attached hydrogens (primary N) is 1. The van der Waals surface area contributed by atoms with Crippen LogP contribution in [-0.2, 0) is 12.8 Å². The van der Waals surface area contributed by atoms with Crippen molar-refractivity contribution in [1.82, 2.24) is 9.88 Å². The standard InChI is InChI=1S/C14H23N3S/c1-2-8-17(9-4-3-7-15)12-5-6-13-14(10-12)18-11-16-13/h2,11-12H,1,3-10,15H2. The summed E-state index contributed by atoms with van der Waals surface area (Å²) in [6, 6.07) is 0.661. The number of hydrogen-bond donors (Lipinski definition) is 1. The van der Waals surface area contributed by atoms with E-state index < -0.39 is 0 Å². The number of unbranched alkanes of at least 4 members (excludes halogenated alkanes) is 1. The van der Waals surface area contributed by atoms with E-state index in [-0.39, 0.29) is 0 Å². The molecule has 0 aliphatic heterocycles. The van der Waals surface area contributed by atoms with Crippen molar-refractivity contribution in [2.24, 2.45) is 5.73 Å². The Balaban J connectivity index is 1.92. The van der Waals surface area contributed by atoms with Gasteiger partial charge in [-0.3, -0.25) is 4.90 Å². The molecule has 1 atom stereocenters. The minimum absolute atomic E-state index is 0.661. The highest BCUT2D eigenvalue weighted by Crippen LogP contribution is 2.26. The van der Waals surface area contributed by atoms with Crippen LogP contribution in [0.3, 0.4) is 0 Å². The van der Waals surface area contributed by atoms with E-state index in [1.54, 1.807) is 0 Å². The fourth-order valence-corrected chi connectivity index (χ4v) is 3.53. The molecule has 1 unspecified atom stereocenters. The van der Waals surface area contributed by atoms with Gasteiger partial charge in [0.1, 0.15) is 0 Å². The SMILES string of the molecule is C=CCN(CCCCN)C1CCc2ncsc2C1. The Bertz CT molecular complexity index is 375. The quantitative estimate of drug-likeness (QED) is 0.607. The molecule has 1 aromatic heterocycles. The molecule has 0 spiro atoms. The summed E-state index contributed by atoms with van der Waals surface area (Å²) < 4.78 is 0. The maximum atomic E-state index is 5.57. The van der Waals surface area contributed by atoms with Crippen LogP contribution < -0.4 is 5.73 Å². The van der Waals surface area contributed by atoms with Crippen LogP contribution in [0.5, 0.6) is 0 Å². The van der Waals surface area contributed by atoms with E-state index >= 15 is 0 Å². The summed E-state index contributed by atoms with van der Waals surface area (Å²) in [5.41, 5.74) is 8.89. The molecule has 1 aliphatic rings. The highest BCUT2D eigenvalue weighted by Gasteiger charge is 2.24. The van der Waals surface area contributed by atoms with Gasteiger partial charge in [-0.15, -0.1) is 17.9 Å². The highest BCUT2D eigenvalue weighted by molar-refractivity contribution is 7.09. The zero-order chi connectivity index (χ0) is 12.8. The van der Waals surface area contributed by atoms with Gasteiger partial charge in [0.15, 0.2) is 0 Å². The van der Waals surface area contributed by atoms with Gasteiger partial charge in [-0.25, -0.2) is 4.98 Å². The lowest BCUT2D eigenvalue weighted by Gasteiger charge is -2.33. The van der Waals surface area contributed by atoms with Crippen molar-refractivity contribution < 1.29 is 0 Å². The summed E-state index contributed by atoms with van der Waals surface area (Å²) in [6.07, 6.45) is 7.85. The average Bonchev–Trinajstić information content (AvgIpc) is 2.85.